The Bertz CT molecular complexity index is 1380. The number of furan rings is 1. The molecule has 0 fully saturated rings. The largest absolute Gasteiger partial charge is 0.493 e. The fourth-order valence-corrected chi connectivity index (χ4v) is 4.77. The average molecular weight is 469 g/mol. The summed E-state index contributed by atoms with van der Waals surface area (Å²) in [5, 5.41) is 0. The highest BCUT2D eigenvalue weighted by Crippen LogP contribution is 2.36. The number of carbonyl (C=O) groups is 1. The highest BCUT2D eigenvalue weighted by atomic mass is 32.1. The predicted molar refractivity (Wildman–Crippen MR) is 123 cm³/mol. The quantitative estimate of drug-likeness (QED) is 0.495. The third-order valence-electron chi connectivity index (χ3n) is 5.14. The number of hydrogen-bond acceptors (Lipinski definition) is 8. The van der Waals surface area contributed by atoms with Gasteiger partial charge < -0.3 is 18.6 Å². The summed E-state index contributed by atoms with van der Waals surface area (Å²) in [6.07, 6.45) is 3.21. The molecule has 0 aliphatic carbocycles. The molecule has 9 heteroatoms. The number of thiazole rings is 1. The van der Waals surface area contributed by atoms with Gasteiger partial charge in [-0.05, 0) is 50.6 Å². The second-order valence-corrected chi connectivity index (χ2v) is 8.17. The lowest BCUT2D eigenvalue weighted by Crippen LogP contribution is -2.39. The molecule has 3 heterocycles. The molecule has 1 aliphatic rings. The minimum atomic E-state index is -0.732. The molecular formula is C24H24N2O6S. The number of fused-ring (bicyclic) bond motifs is 1. The zero-order valence-electron chi connectivity index (χ0n) is 18.8. The molecule has 0 spiro atoms. The predicted octanol–water partition coefficient (Wildman–Crippen LogP) is 2.80. The van der Waals surface area contributed by atoms with Crippen LogP contribution >= 0.6 is 11.3 Å². The van der Waals surface area contributed by atoms with Crippen LogP contribution in [0.15, 0.2) is 62.1 Å². The Hall–Kier alpha value is -3.59. The second kappa shape index (κ2) is 9.50. The van der Waals surface area contributed by atoms with Crippen LogP contribution in [0.5, 0.6) is 11.5 Å². The Labute approximate surface area is 194 Å². The number of aromatic nitrogens is 1. The summed E-state index contributed by atoms with van der Waals surface area (Å²) in [4.78, 5) is 31.5. The van der Waals surface area contributed by atoms with Gasteiger partial charge in [-0.3, -0.25) is 9.36 Å². The van der Waals surface area contributed by atoms with Crippen LogP contribution in [-0.2, 0) is 9.53 Å². The molecule has 2 aromatic heterocycles. The number of carbonyl (C=O) groups excluding carboxylic acids is 1. The van der Waals surface area contributed by atoms with Gasteiger partial charge in [-0.2, -0.15) is 0 Å². The smallest absolute Gasteiger partial charge is 0.338 e. The van der Waals surface area contributed by atoms with Crippen molar-refractivity contribution in [1.29, 1.82) is 0 Å². The number of allylic oxidation sites excluding steroid dienone is 1. The molecule has 33 heavy (non-hydrogen) atoms. The Morgan fingerprint density at radius 2 is 2.06 bits per heavy atom. The van der Waals surface area contributed by atoms with E-state index in [-0.39, 0.29) is 12.2 Å². The highest BCUT2D eigenvalue weighted by molar-refractivity contribution is 7.07. The molecule has 1 aromatic carbocycles. The van der Waals surface area contributed by atoms with Crippen molar-refractivity contribution in [3.05, 3.63) is 78.9 Å². The average Bonchev–Trinajstić information content (AvgIpc) is 3.41. The molecule has 0 bridgehead atoms. The van der Waals surface area contributed by atoms with E-state index in [9.17, 15) is 9.59 Å². The molecule has 0 radical (unpaired) electrons. The van der Waals surface area contributed by atoms with Crippen molar-refractivity contribution < 1.29 is 23.4 Å². The maximum Gasteiger partial charge on any atom is 0.338 e. The van der Waals surface area contributed by atoms with E-state index in [1.807, 2.05) is 13.0 Å². The van der Waals surface area contributed by atoms with Crippen molar-refractivity contribution in [2.24, 2.45) is 4.99 Å². The van der Waals surface area contributed by atoms with Gasteiger partial charge in [0.15, 0.2) is 16.3 Å². The Morgan fingerprint density at radius 3 is 2.73 bits per heavy atom. The summed E-state index contributed by atoms with van der Waals surface area (Å²) in [6.45, 7) is 6.00. The van der Waals surface area contributed by atoms with Crippen molar-refractivity contribution in [3.63, 3.8) is 0 Å². The summed E-state index contributed by atoms with van der Waals surface area (Å²) < 4.78 is 23.8. The van der Waals surface area contributed by atoms with E-state index in [0.29, 0.717) is 50.0 Å². The van der Waals surface area contributed by atoms with Gasteiger partial charge >= 0.3 is 5.97 Å². The molecule has 3 aromatic rings. The van der Waals surface area contributed by atoms with Gasteiger partial charge in [0.25, 0.3) is 5.56 Å². The van der Waals surface area contributed by atoms with Crippen LogP contribution in [0.2, 0.25) is 0 Å². The lowest BCUT2D eigenvalue weighted by atomic mass is 9.95. The van der Waals surface area contributed by atoms with Gasteiger partial charge in [-0.1, -0.05) is 17.4 Å². The lowest BCUT2D eigenvalue weighted by Gasteiger charge is -2.25. The van der Waals surface area contributed by atoms with Gasteiger partial charge in [0.2, 0.25) is 0 Å². The fraction of sp³-hybridized carbons (Fsp3) is 0.292. The first-order valence-electron chi connectivity index (χ1n) is 10.5. The van der Waals surface area contributed by atoms with Crippen molar-refractivity contribution in [2.75, 3.05) is 20.3 Å². The van der Waals surface area contributed by atoms with Gasteiger partial charge in [-0.25, -0.2) is 9.79 Å². The first-order chi connectivity index (χ1) is 16.0. The Balaban J connectivity index is 1.97. The van der Waals surface area contributed by atoms with Crippen LogP contribution in [0.3, 0.4) is 0 Å². The number of esters is 1. The molecule has 0 saturated carbocycles. The van der Waals surface area contributed by atoms with E-state index >= 15 is 0 Å². The zero-order valence-corrected chi connectivity index (χ0v) is 19.6. The van der Waals surface area contributed by atoms with Gasteiger partial charge in [-0.15, -0.1) is 0 Å². The van der Waals surface area contributed by atoms with Crippen molar-refractivity contribution in [1.82, 2.24) is 4.57 Å². The first kappa shape index (κ1) is 22.6. The molecule has 0 N–H and O–H groups in total. The minimum Gasteiger partial charge on any atom is -0.493 e. The number of nitrogens with zero attached hydrogens (tertiary/aromatic N) is 2. The summed E-state index contributed by atoms with van der Waals surface area (Å²) >= 11 is 1.24. The monoisotopic (exact) mass is 468 g/mol. The fourth-order valence-electron chi connectivity index (χ4n) is 3.74. The van der Waals surface area contributed by atoms with Crippen LogP contribution in [0.4, 0.5) is 0 Å². The normalized spacial score (nSPS) is 15.8. The van der Waals surface area contributed by atoms with Crippen molar-refractivity contribution in [3.8, 4) is 11.5 Å². The molecule has 1 atom stereocenters. The molecule has 172 valence electrons. The van der Waals surface area contributed by atoms with E-state index in [1.165, 1.54) is 15.9 Å². The molecule has 1 aliphatic heterocycles. The summed E-state index contributed by atoms with van der Waals surface area (Å²) in [7, 11) is 1.56. The molecule has 0 saturated heterocycles. The van der Waals surface area contributed by atoms with Crippen molar-refractivity contribution >= 4 is 23.4 Å². The molecule has 1 unspecified atom stereocenters. The van der Waals surface area contributed by atoms with Crippen LogP contribution in [0.25, 0.3) is 6.08 Å². The third kappa shape index (κ3) is 4.23. The Morgan fingerprint density at radius 1 is 1.24 bits per heavy atom. The van der Waals surface area contributed by atoms with E-state index in [2.05, 4.69) is 4.99 Å². The Kier molecular flexibility index (Phi) is 6.50. The van der Waals surface area contributed by atoms with E-state index < -0.39 is 12.0 Å². The number of ether oxygens (including phenoxy) is 3. The van der Waals surface area contributed by atoms with E-state index in [4.69, 9.17) is 18.6 Å². The molecule has 8 nitrogen and oxygen atoms in total. The van der Waals surface area contributed by atoms with Crippen molar-refractivity contribution in [2.45, 2.75) is 26.8 Å². The number of hydrogen-bond donors (Lipinski definition) is 0. The maximum absolute atomic E-state index is 13.5. The van der Waals surface area contributed by atoms with Crippen LogP contribution in [0.1, 0.15) is 38.1 Å². The molecular weight excluding hydrogens is 444 g/mol. The molecule has 4 rings (SSSR count). The van der Waals surface area contributed by atoms with Crippen LogP contribution in [0, 0.1) is 0 Å². The summed E-state index contributed by atoms with van der Waals surface area (Å²) in [5.74, 6) is 1.12. The number of rotatable bonds is 7. The summed E-state index contributed by atoms with van der Waals surface area (Å²) in [6, 6.07) is 8.15. The van der Waals surface area contributed by atoms with Gasteiger partial charge in [0.05, 0.1) is 48.4 Å². The second-order valence-electron chi connectivity index (χ2n) is 7.16. The van der Waals surface area contributed by atoms with Gasteiger partial charge in [0.1, 0.15) is 5.76 Å². The number of methoxy groups -OCH3 is 1. The minimum absolute atomic E-state index is 0.206. The number of benzene rings is 1. The topological polar surface area (TPSA) is 92.3 Å². The van der Waals surface area contributed by atoms with E-state index in [1.54, 1.807) is 57.6 Å². The van der Waals surface area contributed by atoms with Crippen LogP contribution < -0.4 is 24.4 Å². The lowest BCUT2D eigenvalue weighted by molar-refractivity contribution is -0.139. The standard InChI is InChI=1S/C24H24N2O6S/c1-5-30-18-12-15(9-10-17(18)29-4)21-20(23(28)31-6-2)14(3)25-24-26(21)22(27)19(33-24)13-16-8-7-11-32-16/h7-13,21H,5-6H2,1-4H3/b19-13-. The molecule has 0 amide bonds. The van der Waals surface area contributed by atoms with Gasteiger partial charge in [0, 0.05) is 6.08 Å². The van der Waals surface area contributed by atoms with Crippen LogP contribution in [-0.4, -0.2) is 30.9 Å². The summed E-state index contributed by atoms with van der Waals surface area (Å²) in [5.41, 5.74) is 1.21. The maximum atomic E-state index is 13.5. The third-order valence-corrected chi connectivity index (χ3v) is 6.12. The zero-order chi connectivity index (χ0) is 23.5. The van der Waals surface area contributed by atoms with E-state index in [0.717, 1.165) is 0 Å². The SMILES string of the molecule is CCOC(=O)C1=C(C)N=c2s/c(=C\c3ccco3)c(=O)n2C1c1ccc(OC)c(OCC)c1. The highest BCUT2D eigenvalue weighted by Gasteiger charge is 2.34. The first-order valence-corrected chi connectivity index (χ1v) is 11.3.